The standard InChI is InChI=1S/C21H40N6O/c1-19(20(28)26-13-7-8-14-26)25-15-17-27(18-16-25)21(22-2)23-9-3-4-10-24-11-5-6-12-24/h19H,3-18H2,1-2H3,(H,22,23). The van der Waals surface area contributed by atoms with Gasteiger partial charge in [0.2, 0.25) is 5.91 Å². The van der Waals surface area contributed by atoms with Gasteiger partial charge in [-0.1, -0.05) is 0 Å². The Hall–Kier alpha value is -1.34. The van der Waals surface area contributed by atoms with E-state index < -0.39 is 0 Å². The van der Waals surface area contributed by atoms with Gasteiger partial charge in [-0.3, -0.25) is 14.7 Å². The number of guanidine groups is 1. The van der Waals surface area contributed by atoms with Gasteiger partial charge < -0.3 is 20.0 Å². The summed E-state index contributed by atoms with van der Waals surface area (Å²) in [5.41, 5.74) is 0. The number of likely N-dealkylation sites (tertiary alicyclic amines) is 2. The molecule has 1 amide bonds. The molecule has 0 saturated carbocycles. The number of hydrogen-bond donors (Lipinski definition) is 1. The Morgan fingerprint density at radius 2 is 1.54 bits per heavy atom. The summed E-state index contributed by atoms with van der Waals surface area (Å²) in [5, 5.41) is 3.54. The van der Waals surface area contributed by atoms with Crippen molar-refractivity contribution in [2.24, 2.45) is 4.99 Å². The van der Waals surface area contributed by atoms with Gasteiger partial charge in [0.25, 0.3) is 0 Å². The van der Waals surface area contributed by atoms with Crippen LogP contribution in [0.15, 0.2) is 4.99 Å². The van der Waals surface area contributed by atoms with Gasteiger partial charge in [0.1, 0.15) is 0 Å². The fraction of sp³-hybridized carbons (Fsp3) is 0.905. The van der Waals surface area contributed by atoms with Crippen LogP contribution in [0.2, 0.25) is 0 Å². The van der Waals surface area contributed by atoms with Crippen molar-refractivity contribution in [2.45, 2.75) is 51.5 Å². The average Bonchev–Trinajstić information content (AvgIpc) is 3.44. The molecule has 3 saturated heterocycles. The smallest absolute Gasteiger partial charge is 0.239 e. The van der Waals surface area contributed by atoms with Crippen molar-refractivity contribution >= 4 is 11.9 Å². The second-order valence-electron chi connectivity index (χ2n) is 8.46. The van der Waals surface area contributed by atoms with Gasteiger partial charge in [0.05, 0.1) is 6.04 Å². The first-order chi connectivity index (χ1) is 13.7. The summed E-state index contributed by atoms with van der Waals surface area (Å²) >= 11 is 0. The Balaban J connectivity index is 1.33. The number of nitrogens with one attached hydrogen (secondary N) is 1. The minimum absolute atomic E-state index is 0.000752. The molecule has 3 rings (SSSR count). The normalized spacial score (nSPS) is 23.4. The first-order valence-corrected chi connectivity index (χ1v) is 11.4. The Bertz CT molecular complexity index is 505. The second-order valence-corrected chi connectivity index (χ2v) is 8.46. The lowest BCUT2D eigenvalue weighted by Gasteiger charge is -2.39. The summed E-state index contributed by atoms with van der Waals surface area (Å²) in [6.45, 7) is 12.5. The molecule has 7 heteroatoms. The third-order valence-corrected chi connectivity index (χ3v) is 6.53. The Morgan fingerprint density at radius 1 is 0.893 bits per heavy atom. The van der Waals surface area contributed by atoms with Gasteiger partial charge in [0.15, 0.2) is 5.96 Å². The molecule has 1 N–H and O–H groups in total. The zero-order valence-corrected chi connectivity index (χ0v) is 18.0. The van der Waals surface area contributed by atoms with Crippen LogP contribution >= 0.6 is 0 Å². The Labute approximate surface area is 171 Å². The number of hydrogen-bond acceptors (Lipinski definition) is 4. The molecule has 7 nitrogen and oxygen atoms in total. The number of carbonyl (C=O) groups excluding carboxylic acids is 1. The maximum Gasteiger partial charge on any atom is 0.239 e. The predicted molar refractivity (Wildman–Crippen MR) is 115 cm³/mol. The van der Waals surface area contributed by atoms with Crippen LogP contribution in [0.25, 0.3) is 0 Å². The molecule has 0 aliphatic carbocycles. The van der Waals surface area contributed by atoms with Crippen LogP contribution in [0.5, 0.6) is 0 Å². The number of amides is 1. The summed E-state index contributed by atoms with van der Waals surface area (Å²) in [7, 11) is 1.87. The van der Waals surface area contributed by atoms with Crippen molar-refractivity contribution in [3.05, 3.63) is 0 Å². The summed E-state index contributed by atoms with van der Waals surface area (Å²) in [4.78, 5) is 26.4. The molecule has 0 aromatic carbocycles. The number of rotatable bonds is 7. The molecule has 0 bridgehead atoms. The fourth-order valence-electron chi connectivity index (χ4n) is 4.68. The fourth-order valence-corrected chi connectivity index (χ4v) is 4.68. The molecule has 1 unspecified atom stereocenters. The lowest BCUT2D eigenvalue weighted by molar-refractivity contribution is -0.135. The van der Waals surface area contributed by atoms with E-state index in [4.69, 9.17) is 0 Å². The monoisotopic (exact) mass is 392 g/mol. The third-order valence-electron chi connectivity index (χ3n) is 6.53. The number of nitrogens with zero attached hydrogens (tertiary/aromatic N) is 5. The molecule has 0 aromatic rings. The molecule has 3 aliphatic heterocycles. The minimum Gasteiger partial charge on any atom is -0.356 e. The number of aliphatic imine (C=N–C) groups is 1. The summed E-state index contributed by atoms with van der Waals surface area (Å²) in [6.07, 6.45) is 7.52. The number of unbranched alkanes of at least 4 members (excludes halogenated alkanes) is 1. The van der Waals surface area contributed by atoms with E-state index >= 15 is 0 Å². The van der Waals surface area contributed by atoms with Crippen LogP contribution in [-0.2, 0) is 4.79 Å². The zero-order chi connectivity index (χ0) is 19.8. The highest BCUT2D eigenvalue weighted by atomic mass is 16.2. The SMILES string of the molecule is CN=C(NCCCCN1CCCC1)N1CCN(C(C)C(=O)N2CCCC2)CC1. The molecule has 1 atom stereocenters. The van der Waals surface area contributed by atoms with E-state index in [1.807, 2.05) is 11.9 Å². The van der Waals surface area contributed by atoms with E-state index in [2.05, 4.69) is 31.9 Å². The van der Waals surface area contributed by atoms with Crippen LogP contribution in [0.4, 0.5) is 0 Å². The van der Waals surface area contributed by atoms with Crippen LogP contribution in [0, 0.1) is 0 Å². The molecule has 0 radical (unpaired) electrons. The quantitative estimate of drug-likeness (QED) is 0.399. The van der Waals surface area contributed by atoms with E-state index in [1.165, 1.54) is 45.3 Å². The van der Waals surface area contributed by atoms with Crippen LogP contribution < -0.4 is 5.32 Å². The topological polar surface area (TPSA) is 54.4 Å². The second kappa shape index (κ2) is 11.0. The molecule has 160 valence electrons. The predicted octanol–water partition coefficient (Wildman–Crippen LogP) is 1.07. The Morgan fingerprint density at radius 3 is 2.18 bits per heavy atom. The van der Waals surface area contributed by atoms with Crippen molar-refractivity contribution in [3.8, 4) is 0 Å². The minimum atomic E-state index is 0.000752. The van der Waals surface area contributed by atoms with E-state index in [0.717, 1.165) is 64.6 Å². The van der Waals surface area contributed by atoms with Crippen LogP contribution in [0.1, 0.15) is 45.4 Å². The van der Waals surface area contributed by atoms with Crippen molar-refractivity contribution in [1.82, 2.24) is 24.9 Å². The molecule has 28 heavy (non-hydrogen) atoms. The summed E-state index contributed by atoms with van der Waals surface area (Å²) in [6, 6.07) is 0.000752. The molecule has 3 aliphatic rings. The van der Waals surface area contributed by atoms with E-state index in [-0.39, 0.29) is 6.04 Å². The average molecular weight is 393 g/mol. The third kappa shape index (κ3) is 5.83. The lowest BCUT2D eigenvalue weighted by atomic mass is 10.2. The molecule has 3 heterocycles. The highest BCUT2D eigenvalue weighted by Crippen LogP contribution is 2.14. The summed E-state index contributed by atoms with van der Waals surface area (Å²) < 4.78 is 0. The number of carbonyl (C=O) groups is 1. The van der Waals surface area contributed by atoms with Gasteiger partial charge in [-0.05, 0) is 65.1 Å². The van der Waals surface area contributed by atoms with Gasteiger partial charge in [-0.2, -0.15) is 0 Å². The van der Waals surface area contributed by atoms with Gasteiger partial charge >= 0.3 is 0 Å². The first-order valence-electron chi connectivity index (χ1n) is 11.4. The van der Waals surface area contributed by atoms with E-state index in [9.17, 15) is 4.79 Å². The van der Waals surface area contributed by atoms with Crippen molar-refractivity contribution in [2.75, 3.05) is 72.5 Å². The summed E-state index contributed by atoms with van der Waals surface area (Å²) in [5.74, 6) is 1.32. The van der Waals surface area contributed by atoms with E-state index in [1.54, 1.807) is 0 Å². The maximum absolute atomic E-state index is 12.6. The number of piperazine rings is 1. The highest BCUT2D eigenvalue weighted by Gasteiger charge is 2.30. The van der Waals surface area contributed by atoms with Crippen molar-refractivity contribution in [3.63, 3.8) is 0 Å². The van der Waals surface area contributed by atoms with Gasteiger partial charge in [-0.25, -0.2) is 0 Å². The highest BCUT2D eigenvalue weighted by molar-refractivity contribution is 5.82. The first kappa shape index (κ1) is 21.4. The van der Waals surface area contributed by atoms with Crippen molar-refractivity contribution < 1.29 is 4.79 Å². The Kier molecular flexibility index (Phi) is 8.40. The largest absolute Gasteiger partial charge is 0.356 e. The van der Waals surface area contributed by atoms with Crippen LogP contribution in [0.3, 0.4) is 0 Å². The maximum atomic E-state index is 12.6. The van der Waals surface area contributed by atoms with Gasteiger partial charge in [0, 0.05) is 52.9 Å². The zero-order valence-electron chi connectivity index (χ0n) is 18.0. The van der Waals surface area contributed by atoms with Crippen molar-refractivity contribution in [1.29, 1.82) is 0 Å². The molecular formula is C21H40N6O. The molecule has 0 spiro atoms. The van der Waals surface area contributed by atoms with Crippen LogP contribution in [-0.4, -0.2) is 110 Å². The molecular weight excluding hydrogens is 352 g/mol. The molecule has 3 fully saturated rings. The molecule has 0 aromatic heterocycles. The lowest BCUT2D eigenvalue weighted by Crippen LogP contribution is -2.57. The van der Waals surface area contributed by atoms with E-state index in [0.29, 0.717) is 5.91 Å². The van der Waals surface area contributed by atoms with Gasteiger partial charge in [-0.15, -0.1) is 0 Å².